The molecule has 1 fully saturated rings. The van der Waals surface area contributed by atoms with Gasteiger partial charge in [0.25, 0.3) is 0 Å². The van der Waals surface area contributed by atoms with Crippen molar-refractivity contribution in [3.05, 3.63) is 36.4 Å². The minimum atomic E-state index is -0.0679. The number of urea groups is 1. The van der Waals surface area contributed by atoms with E-state index in [1.807, 2.05) is 24.3 Å². The number of fused-ring (bicyclic) bond motifs is 1. The normalized spacial score (nSPS) is 14.8. The first-order valence-corrected chi connectivity index (χ1v) is 7.27. The van der Waals surface area contributed by atoms with Gasteiger partial charge in [0.2, 0.25) is 0 Å². The van der Waals surface area contributed by atoms with Crippen LogP contribution in [0, 0.1) is 0 Å². The summed E-state index contributed by atoms with van der Waals surface area (Å²) in [4.78, 5) is 13.7. The highest BCUT2D eigenvalue weighted by Gasteiger charge is 2.19. The molecule has 116 valence electrons. The molecular formula is C14H14N8O. The van der Waals surface area contributed by atoms with Crippen molar-refractivity contribution in [2.75, 3.05) is 23.3 Å². The molecule has 9 nitrogen and oxygen atoms in total. The van der Waals surface area contributed by atoms with Gasteiger partial charge in [0, 0.05) is 24.5 Å². The number of nitrogens with one attached hydrogen (secondary N) is 2. The third kappa shape index (κ3) is 2.63. The van der Waals surface area contributed by atoms with Gasteiger partial charge in [-0.05, 0) is 47.2 Å². The third-order valence-corrected chi connectivity index (χ3v) is 3.58. The Hall–Kier alpha value is -3.23. The van der Waals surface area contributed by atoms with Crippen LogP contribution in [0.3, 0.4) is 0 Å². The summed E-state index contributed by atoms with van der Waals surface area (Å²) in [5, 5.41) is 21.4. The van der Waals surface area contributed by atoms with Crippen molar-refractivity contribution in [1.29, 1.82) is 0 Å². The smallest absolute Gasteiger partial charge is 0.321 e. The van der Waals surface area contributed by atoms with Crippen molar-refractivity contribution < 1.29 is 4.79 Å². The summed E-state index contributed by atoms with van der Waals surface area (Å²) in [7, 11) is 0. The molecule has 0 bridgehead atoms. The second-order valence-corrected chi connectivity index (χ2v) is 5.16. The lowest BCUT2D eigenvalue weighted by Gasteiger charge is -2.27. The molecule has 1 aliphatic rings. The summed E-state index contributed by atoms with van der Waals surface area (Å²) in [6.07, 6.45) is 0.931. The average molecular weight is 310 g/mol. The van der Waals surface area contributed by atoms with Gasteiger partial charge < -0.3 is 10.6 Å². The number of nitrogens with zero attached hydrogens (tertiary/aromatic N) is 6. The van der Waals surface area contributed by atoms with Gasteiger partial charge in [-0.1, -0.05) is 6.07 Å². The predicted molar refractivity (Wildman–Crippen MR) is 83.7 cm³/mol. The summed E-state index contributed by atoms with van der Waals surface area (Å²) < 4.78 is 1.35. The SMILES string of the molecule is O=C1NCCCN1c1cccc(Nc2ccc3nnnn3n2)c1. The molecule has 0 saturated carbocycles. The van der Waals surface area contributed by atoms with E-state index in [0.717, 1.165) is 24.3 Å². The molecule has 2 amide bonds. The van der Waals surface area contributed by atoms with Gasteiger partial charge in [-0.25, -0.2) is 4.79 Å². The van der Waals surface area contributed by atoms with E-state index in [-0.39, 0.29) is 6.03 Å². The van der Waals surface area contributed by atoms with Crippen LogP contribution in [0.2, 0.25) is 0 Å². The van der Waals surface area contributed by atoms with E-state index in [1.54, 1.807) is 17.0 Å². The van der Waals surface area contributed by atoms with Gasteiger partial charge in [-0.3, -0.25) is 4.90 Å². The molecule has 0 atom stereocenters. The minimum Gasteiger partial charge on any atom is -0.339 e. The molecule has 3 aromatic rings. The number of amides is 2. The zero-order chi connectivity index (χ0) is 15.6. The Balaban J connectivity index is 1.59. The highest BCUT2D eigenvalue weighted by molar-refractivity contribution is 5.93. The molecular weight excluding hydrogens is 296 g/mol. The Kier molecular flexibility index (Phi) is 3.22. The number of benzene rings is 1. The lowest BCUT2D eigenvalue weighted by Crippen LogP contribution is -2.46. The van der Waals surface area contributed by atoms with Gasteiger partial charge >= 0.3 is 6.03 Å². The maximum atomic E-state index is 11.9. The van der Waals surface area contributed by atoms with E-state index in [4.69, 9.17) is 0 Å². The number of hydrogen-bond donors (Lipinski definition) is 2. The monoisotopic (exact) mass is 310 g/mol. The van der Waals surface area contributed by atoms with E-state index in [9.17, 15) is 4.79 Å². The molecule has 1 aliphatic heterocycles. The quantitative estimate of drug-likeness (QED) is 0.753. The summed E-state index contributed by atoms with van der Waals surface area (Å²) in [6.45, 7) is 1.44. The minimum absolute atomic E-state index is 0.0679. The van der Waals surface area contributed by atoms with Gasteiger partial charge in [0.15, 0.2) is 11.5 Å². The van der Waals surface area contributed by atoms with E-state index in [0.29, 0.717) is 18.0 Å². The van der Waals surface area contributed by atoms with Crippen LogP contribution in [0.25, 0.3) is 5.65 Å². The molecule has 4 rings (SSSR count). The standard InChI is InChI=1S/C14H14N8O/c23-14-15-7-2-8-21(14)11-4-1-3-10(9-11)16-12-5-6-13-17-19-20-22(13)18-12/h1,3-6,9H,2,7-8H2,(H,15,23)(H,16,18). The number of carbonyl (C=O) groups excluding carboxylic acids is 1. The molecule has 9 heteroatoms. The molecule has 0 aliphatic carbocycles. The van der Waals surface area contributed by atoms with E-state index in [2.05, 4.69) is 31.3 Å². The molecule has 2 N–H and O–H groups in total. The first kappa shape index (κ1) is 13.4. The van der Waals surface area contributed by atoms with Gasteiger partial charge in [0.05, 0.1) is 0 Å². The fraction of sp³-hybridized carbons (Fsp3) is 0.214. The molecule has 23 heavy (non-hydrogen) atoms. The van der Waals surface area contributed by atoms with Crippen molar-refractivity contribution in [3.8, 4) is 0 Å². The second kappa shape index (κ2) is 5.52. The molecule has 0 spiro atoms. The number of rotatable bonds is 3. The summed E-state index contributed by atoms with van der Waals surface area (Å²) >= 11 is 0. The van der Waals surface area contributed by atoms with Crippen molar-refractivity contribution in [1.82, 2.24) is 30.6 Å². The van der Waals surface area contributed by atoms with Crippen LogP contribution in [0.5, 0.6) is 0 Å². The zero-order valence-electron chi connectivity index (χ0n) is 12.2. The van der Waals surface area contributed by atoms with Crippen molar-refractivity contribution >= 4 is 28.9 Å². The van der Waals surface area contributed by atoms with Gasteiger partial charge in [-0.2, -0.15) is 0 Å². The summed E-state index contributed by atoms with van der Waals surface area (Å²) in [5.74, 6) is 0.616. The van der Waals surface area contributed by atoms with Crippen LogP contribution < -0.4 is 15.5 Å². The number of hydrogen-bond acceptors (Lipinski definition) is 6. The fourth-order valence-corrected chi connectivity index (χ4v) is 2.49. The fourth-order valence-electron chi connectivity index (χ4n) is 2.49. The summed E-state index contributed by atoms with van der Waals surface area (Å²) in [5.41, 5.74) is 2.26. The molecule has 2 aromatic heterocycles. The summed E-state index contributed by atoms with van der Waals surface area (Å²) in [6, 6.07) is 11.1. The van der Waals surface area contributed by atoms with Gasteiger partial charge in [-0.15, -0.1) is 14.8 Å². The van der Waals surface area contributed by atoms with Crippen LogP contribution in [0.15, 0.2) is 36.4 Å². The predicted octanol–water partition coefficient (Wildman–Crippen LogP) is 1.18. The molecule has 0 unspecified atom stereocenters. The lowest BCUT2D eigenvalue weighted by molar-refractivity contribution is 0.243. The highest BCUT2D eigenvalue weighted by Crippen LogP contribution is 2.23. The Morgan fingerprint density at radius 2 is 2.17 bits per heavy atom. The molecule has 1 aromatic carbocycles. The first-order chi connectivity index (χ1) is 11.3. The number of tetrazole rings is 1. The number of aromatic nitrogens is 5. The van der Waals surface area contributed by atoms with Crippen molar-refractivity contribution in [3.63, 3.8) is 0 Å². The Morgan fingerprint density at radius 3 is 3.09 bits per heavy atom. The Labute approximate surface area is 131 Å². The third-order valence-electron chi connectivity index (χ3n) is 3.58. The van der Waals surface area contributed by atoms with E-state index in [1.165, 1.54) is 4.63 Å². The topological polar surface area (TPSA) is 100 Å². The van der Waals surface area contributed by atoms with Crippen LogP contribution in [0.4, 0.5) is 22.0 Å². The highest BCUT2D eigenvalue weighted by atomic mass is 16.2. The second-order valence-electron chi connectivity index (χ2n) is 5.16. The molecule has 3 heterocycles. The number of carbonyl (C=O) groups is 1. The lowest BCUT2D eigenvalue weighted by atomic mass is 10.2. The Bertz CT molecular complexity index is 861. The molecule has 1 saturated heterocycles. The molecule has 0 radical (unpaired) electrons. The first-order valence-electron chi connectivity index (χ1n) is 7.27. The van der Waals surface area contributed by atoms with Gasteiger partial charge in [0.1, 0.15) is 0 Å². The van der Waals surface area contributed by atoms with Crippen molar-refractivity contribution in [2.45, 2.75) is 6.42 Å². The number of anilines is 3. The van der Waals surface area contributed by atoms with Crippen LogP contribution >= 0.6 is 0 Å². The van der Waals surface area contributed by atoms with Crippen LogP contribution in [-0.2, 0) is 0 Å². The largest absolute Gasteiger partial charge is 0.339 e. The zero-order valence-corrected chi connectivity index (χ0v) is 12.2. The maximum Gasteiger partial charge on any atom is 0.321 e. The van der Waals surface area contributed by atoms with E-state index >= 15 is 0 Å². The van der Waals surface area contributed by atoms with Crippen LogP contribution in [0.1, 0.15) is 6.42 Å². The maximum absolute atomic E-state index is 11.9. The van der Waals surface area contributed by atoms with Crippen LogP contribution in [-0.4, -0.2) is 44.4 Å². The van der Waals surface area contributed by atoms with E-state index < -0.39 is 0 Å². The Morgan fingerprint density at radius 1 is 1.22 bits per heavy atom. The average Bonchev–Trinajstić information content (AvgIpc) is 3.03. The van der Waals surface area contributed by atoms with Crippen molar-refractivity contribution in [2.24, 2.45) is 0 Å².